The van der Waals surface area contributed by atoms with Gasteiger partial charge in [-0.1, -0.05) is 87.5 Å². The molecule has 69 heavy (non-hydrogen) atoms. The van der Waals surface area contributed by atoms with Crippen molar-refractivity contribution in [3.63, 3.8) is 0 Å². The number of likely N-dealkylation sites (N-methyl/N-ethyl adjacent to an activating group) is 1. The van der Waals surface area contributed by atoms with Crippen molar-refractivity contribution in [1.29, 1.82) is 0 Å². The molecule has 0 saturated heterocycles. The van der Waals surface area contributed by atoms with Crippen LogP contribution < -0.4 is 9.64 Å². The van der Waals surface area contributed by atoms with E-state index in [4.69, 9.17) is 18.6 Å². The van der Waals surface area contributed by atoms with Gasteiger partial charge in [0.2, 0.25) is 5.78 Å². The van der Waals surface area contributed by atoms with Crippen LogP contribution in [0.2, 0.25) is 18.1 Å². The van der Waals surface area contributed by atoms with Crippen LogP contribution in [0.4, 0.5) is 14.9 Å². The maximum atomic E-state index is 18.2. The van der Waals surface area contributed by atoms with Crippen molar-refractivity contribution in [2.75, 3.05) is 32.1 Å². The molecular weight excluding hydrogens is 890 g/mol. The van der Waals surface area contributed by atoms with Crippen LogP contribution in [0.5, 0.6) is 5.75 Å². The van der Waals surface area contributed by atoms with Crippen LogP contribution >= 0.6 is 0 Å². The number of benzene rings is 3. The van der Waals surface area contributed by atoms with Crippen molar-refractivity contribution in [1.82, 2.24) is 9.80 Å². The highest BCUT2D eigenvalue weighted by atomic mass is 28.4. The van der Waals surface area contributed by atoms with Crippen LogP contribution in [0.3, 0.4) is 0 Å². The smallest absolute Gasteiger partial charge is 0.415 e. The van der Waals surface area contributed by atoms with Crippen LogP contribution in [0.1, 0.15) is 101 Å². The normalized spacial score (nSPS) is 23.7. The van der Waals surface area contributed by atoms with Crippen molar-refractivity contribution in [3.8, 4) is 5.75 Å². The average molecular weight is 960 g/mol. The van der Waals surface area contributed by atoms with E-state index in [0.717, 1.165) is 16.7 Å². The van der Waals surface area contributed by atoms with Crippen LogP contribution in [0.25, 0.3) is 0 Å². The van der Waals surface area contributed by atoms with Crippen molar-refractivity contribution < 1.29 is 42.5 Å². The third kappa shape index (κ3) is 8.82. The van der Waals surface area contributed by atoms with Gasteiger partial charge in [0, 0.05) is 53.8 Å². The molecule has 368 valence electrons. The molecule has 1 N–H and O–H groups in total. The molecule has 4 aliphatic carbocycles. The van der Waals surface area contributed by atoms with Crippen molar-refractivity contribution >= 4 is 31.7 Å². The molecule has 0 aromatic heterocycles. The maximum Gasteiger partial charge on any atom is 0.415 e. The highest BCUT2D eigenvalue weighted by molar-refractivity contribution is 6.74. The SMILES string of the molecule is C=CCN1Cc2c(F)c3c(c(OCc4ccccc4)c2N(C(=O)OC(C)(C)C)CC1(C)C)C(=O)C1=C(O)[C@]2(O[Si](C)(C)C(C)(C)C)C(=O)C4=C(CC=C4OCc4ccccc4)[C@@H](N(C)C)[C@@H]2C[C@@H]1C3. The molecule has 1 amide bonds. The first-order chi connectivity index (χ1) is 32.3. The second-order valence-corrected chi connectivity index (χ2v) is 27.5. The summed E-state index contributed by atoms with van der Waals surface area (Å²) in [6.45, 7) is 24.3. The largest absolute Gasteiger partial charge is 0.508 e. The van der Waals surface area contributed by atoms with Gasteiger partial charge in [-0.05, 0) is 115 Å². The summed E-state index contributed by atoms with van der Waals surface area (Å²) in [4.78, 5) is 52.2. The molecule has 5 aliphatic rings. The molecule has 0 spiro atoms. The first kappa shape index (κ1) is 50.1. The summed E-state index contributed by atoms with van der Waals surface area (Å²) in [5.74, 6) is -3.13. The first-order valence-corrected chi connectivity index (χ1v) is 27.1. The third-order valence-corrected chi connectivity index (χ3v) is 19.6. The second-order valence-electron chi connectivity index (χ2n) is 22.8. The number of carbonyl (C=O) groups is 3. The summed E-state index contributed by atoms with van der Waals surface area (Å²) < 4.78 is 45.0. The molecular formula is C56H70FN3O8Si. The Balaban J connectivity index is 1.38. The fraction of sp³-hybridized carbons (Fsp3) is 0.482. The number of anilines is 1. The number of ether oxygens (including phenoxy) is 3. The van der Waals surface area contributed by atoms with Crippen molar-refractivity contribution in [2.24, 2.45) is 11.8 Å². The number of Topliss-reactive ketones (excluding diaryl/α,β-unsaturated/α-hetero) is 2. The highest BCUT2D eigenvalue weighted by Gasteiger charge is 2.67. The summed E-state index contributed by atoms with van der Waals surface area (Å²) in [5, 5.41) is 13.0. The number of allylic oxidation sites excluding steroid dienone is 3. The summed E-state index contributed by atoms with van der Waals surface area (Å²) in [5.41, 5.74) is -0.380. The monoisotopic (exact) mass is 959 g/mol. The molecule has 8 rings (SSSR count). The summed E-state index contributed by atoms with van der Waals surface area (Å²) in [6, 6.07) is 18.7. The van der Waals surface area contributed by atoms with E-state index in [-0.39, 0.29) is 72.8 Å². The van der Waals surface area contributed by atoms with Gasteiger partial charge in [-0.25, -0.2) is 9.18 Å². The molecule has 13 heteroatoms. The number of fused-ring (bicyclic) bond motifs is 4. The Morgan fingerprint density at radius 1 is 0.957 bits per heavy atom. The minimum Gasteiger partial charge on any atom is -0.508 e. The molecule has 4 atom stereocenters. The van der Waals surface area contributed by atoms with E-state index < -0.39 is 77.2 Å². The third-order valence-electron chi connectivity index (χ3n) is 15.2. The van der Waals surface area contributed by atoms with Gasteiger partial charge in [0.05, 0.1) is 16.8 Å². The Morgan fingerprint density at radius 2 is 1.57 bits per heavy atom. The van der Waals surface area contributed by atoms with E-state index in [1.165, 1.54) is 4.90 Å². The molecule has 0 bridgehead atoms. The number of aliphatic hydroxyl groups is 1. The lowest BCUT2D eigenvalue weighted by molar-refractivity contribution is -0.143. The summed E-state index contributed by atoms with van der Waals surface area (Å²) >= 11 is 0. The van der Waals surface area contributed by atoms with E-state index in [1.54, 1.807) is 26.8 Å². The first-order valence-electron chi connectivity index (χ1n) is 24.2. The average Bonchev–Trinajstić information content (AvgIpc) is 3.64. The number of halogens is 1. The van der Waals surface area contributed by atoms with Gasteiger partial charge < -0.3 is 28.6 Å². The van der Waals surface area contributed by atoms with Gasteiger partial charge in [-0.2, -0.15) is 0 Å². The Morgan fingerprint density at radius 3 is 2.13 bits per heavy atom. The fourth-order valence-corrected chi connectivity index (χ4v) is 12.3. The van der Waals surface area contributed by atoms with Crippen molar-refractivity contribution in [2.45, 2.75) is 135 Å². The van der Waals surface area contributed by atoms with Gasteiger partial charge in [0.1, 0.15) is 36.2 Å². The van der Waals surface area contributed by atoms with E-state index in [0.29, 0.717) is 24.3 Å². The van der Waals surface area contributed by atoms with Gasteiger partial charge >= 0.3 is 6.09 Å². The van der Waals surface area contributed by atoms with Gasteiger partial charge in [-0.15, -0.1) is 6.58 Å². The zero-order valence-corrected chi connectivity index (χ0v) is 43.5. The zero-order chi connectivity index (χ0) is 50.2. The molecule has 11 nitrogen and oxygen atoms in total. The molecule has 0 radical (unpaired) electrons. The van der Waals surface area contributed by atoms with Crippen LogP contribution in [-0.4, -0.2) is 90.9 Å². The second kappa shape index (κ2) is 18.1. The molecule has 1 heterocycles. The standard InChI is InChI=1S/C56H70FN3O8Si/c1-14-27-59-30-39-45(57)38-28-36-29-40-46(58(10)11)37-25-26-41(65-31-34-21-17-15-18-22-34)43(37)51(63)56(40,68-69(12,13)54(5,6)7)50(62)42(36)48(61)44(38)49(66-32-35-23-19-16-20-24-35)47(39)60(33-55(59,8)9)52(64)67-53(2,3)4/h14-24,26,36,40,46,62H,1,25,27-33H2,2-13H3/t36-,40-,46+,56-/m0/s1. The Kier molecular flexibility index (Phi) is 13.1. The van der Waals surface area contributed by atoms with E-state index in [9.17, 15) is 9.90 Å². The summed E-state index contributed by atoms with van der Waals surface area (Å²) in [6.07, 6.45) is 3.68. The molecule has 0 saturated carbocycles. The highest BCUT2D eigenvalue weighted by Crippen LogP contribution is 2.59. The van der Waals surface area contributed by atoms with E-state index >= 15 is 14.0 Å². The Bertz CT molecular complexity index is 2660. The molecule has 3 aromatic carbocycles. The molecule has 0 fully saturated rings. The predicted molar refractivity (Wildman–Crippen MR) is 269 cm³/mol. The molecule has 1 aliphatic heterocycles. The van der Waals surface area contributed by atoms with Crippen LogP contribution in [0, 0.1) is 17.7 Å². The lowest BCUT2D eigenvalue weighted by Crippen LogP contribution is -2.67. The lowest BCUT2D eigenvalue weighted by Gasteiger charge is -2.56. The van der Waals surface area contributed by atoms with Gasteiger partial charge in [-0.3, -0.25) is 19.4 Å². The Hall–Kier alpha value is -5.34. The number of carbonyl (C=O) groups excluding carboxylic acids is 3. The lowest BCUT2D eigenvalue weighted by atomic mass is 9.57. The number of rotatable bonds is 11. The van der Waals surface area contributed by atoms with Gasteiger partial charge in [0.15, 0.2) is 25.5 Å². The quantitative estimate of drug-likeness (QED) is 0.147. The minimum absolute atomic E-state index is 0.00365. The minimum atomic E-state index is -2.99. The number of hydrogen-bond acceptors (Lipinski definition) is 10. The Labute approximate surface area is 408 Å². The summed E-state index contributed by atoms with van der Waals surface area (Å²) in [7, 11) is 0.927. The maximum absolute atomic E-state index is 18.2. The number of ketones is 2. The van der Waals surface area contributed by atoms with Crippen LogP contribution in [0.15, 0.2) is 108 Å². The van der Waals surface area contributed by atoms with Crippen LogP contribution in [-0.2, 0) is 44.9 Å². The number of nitrogens with zero attached hydrogens (tertiary/aromatic N) is 3. The molecule has 3 aromatic rings. The fourth-order valence-electron chi connectivity index (χ4n) is 10.9. The van der Waals surface area contributed by atoms with Gasteiger partial charge in [0.25, 0.3) is 0 Å². The topological polar surface area (TPSA) is 118 Å². The zero-order valence-electron chi connectivity index (χ0n) is 42.5. The van der Waals surface area contributed by atoms with Crippen molar-refractivity contribution in [3.05, 3.63) is 141 Å². The van der Waals surface area contributed by atoms with E-state index in [1.807, 2.05) is 108 Å². The number of aliphatic hydroxyl groups excluding tert-OH is 1. The van der Waals surface area contributed by atoms with E-state index in [2.05, 4.69) is 37.1 Å². The number of amides is 1. The predicted octanol–water partition coefficient (Wildman–Crippen LogP) is 11.2. The molecule has 0 unspecified atom stereocenters. The number of hydrogen-bond donors (Lipinski definition) is 1.